The predicted octanol–water partition coefficient (Wildman–Crippen LogP) is 2.74. The number of halogens is 1. The molecule has 0 fully saturated rings. The quantitative estimate of drug-likeness (QED) is 0.948. The number of hydrogen-bond acceptors (Lipinski definition) is 4. The van der Waals surface area contributed by atoms with Gasteiger partial charge in [0.15, 0.2) is 0 Å². The molecule has 0 saturated heterocycles. The van der Waals surface area contributed by atoms with Crippen LogP contribution >= 0.6 is 0 Å². The lowest BCUT2D eigenvalue weighted by molar-refractivity contribution is -0.135. The lowest BCUT2D eigenvalue weighted by atomic mass is 9.95. The minimum Gasteiger partial charge on any atom is -0.379 e. The summed E-state index contributed by atoms with van der Waals surface area (Å²) < 4.78 is 13.0. The molecule has 1 aliphatic heterocycles. The molecule has 1 aromatic heterocycles. The normalized spacial score (nSPS) is 20.2. The van der Waals surface area contributed by atoms with Gasteiger partial charge in [-0.15, -0.1) is 0 Å². The van der Waals surface area contributed by atoms with Gasteiger partial charge in [0.25, 0.3) is 5.91 Å². The van der Waals surface area contributed by atoms with Crippen molar-refractivity contribution in [1.29, 1.82) is 0 Å². The van der Waals surface area contributed by atoms with Gasteiger partial charge in [-0.3, -0.25) is 4.79 Å². The molecule has 1 N–H and O–H groups in total. The summed E-state index contributed by atoms with van der Waals surface area (Å²) >= 11 is 0. The first kappa shape index (κ1) is 14.2. The average molecular weight is 299 g/mol. The fourth-order valence-electron chi connectivity index (χ4n) is 2.14. The molecule has 0 aliphatic carbocycles. The Morgan fingerprint density at radius 3 is 2.73 bits per heavy atom. The molecule has 22 heavy (non-hydrogen) atoms. The van der Waals surface area contributed by atoms with Crippen molar-refractivity contribution in [2.75, 3.05) is 5.32 Å². The van der Waals surface area contributed by atoms with Crippen molar-refractivity contribution in [3.63, 3.8) is 0 Å². The second kappa shape index (κ2) is 5.55. The summed E-state index contributed by atoms with van der Waals surface area (Å²) in [7, 11) is 0. The second-order valence-corrected chi connectivity index (χ2v) is 5.21. The van der Waals surface area contributed by atoms with Gasteiger partial charge < -0.3 is 10.2 Å². The van der Waals surface area contributed by atoms with E-state index in [9.17, 15) is 9.18 Å². The summed E-state index contributed by atoms with van der Waals surface area (Å²) in [5, 5.41) is 6.66. The van der Waals surface area contributed by atoms with E-state index in [0.29, 0.717) is 18.0 Å². The van der Waals surface area contributed by atoms with E-state index < -0.39 is 5.60 Å². The zero-order valence-corrected chi connectivity index (χ0v) is 11.9. The maximum Gasteiger partial charge on any atom is 0.272 e. The summed E-state index contributed by atoms with van der Waals surface area (Å²) in [5.41, 5.74) is 0.232. The third-order valence-corrected chi connectivity index (χ3v) is 3.43. The third-order valence-electron chi connectivity index (χ3n) is 3.43. The summed E-state index contributed by atoms with van der Waals surface area (Å²) in [6, 6.07) is 11.2. The highest BCUT2D eigenvalue weighted by molar-refractivity contribution is 6.07. The molecule has 0 saturated carbocycles. The van der Waals surface area contributed by atoms with Gasteiger partial charge in [-0.1, -0.05) is 23.4 Å². The molecular formula is C16H14FN3O2. The first-order valence-corrected chi connectivity index (χ1v) is 6.80. The number of benzene rings is 1. The fraction of sp³-hybridized carbons (Fsp3) is 0.188. The number of aromatic nitrogens is 1. The third kappa shape index (κ3) is 2.81. The first-order valence-electron chi connectivity index (χ1n) is 6.80. The van der Waals surface area contributed by atoms with Crippen LogP contribution in [0.15, 0.2) is 53.8 Å². The molecule has 6 heteroatoms. The van der Waals surface area contributed by atoms with Gasteiger partial charge in [0, 0.05) is 12.6 Å². The molecule has 0 radical (unpaired) electrons. The number of anilines is 1. The fourth-order valence-corrected chi connectivity index (χ4v) is 2.14. The number of carbonyl (C=O) groups excluding carboxylic acids is 1. The molecule has 5 nitrogen and oxygen atoms in total. The molecule has 112 valence electrons. The van der Waals surface area contributed by atoms with Gasteiger partial charge in [-0.05, 0) is 36.8 Å². The smallest absolute Gasteiger partial charge is 0.272 e. The second-order valence-electron chi connectivity index (χ2n) is 5.21. The molecular weight excluding hydrogens is 285 g/mol. The Morgan fingerprint density at radius 2 is 2.05 bits per heavy atom. The monoisotopic (exact) mass is 299 g/mol. The van der Waals surface area contributed by atoms with Crippen LogP contribution in [0, 0.1) is 5.82 Å². The lowest BCUT2D eigenvalue weighted by Crippen LogP contribution is -2.40. The Hall–Kier alpha value is -2.76. The lowest BCUT2D eigenvalue weighted by Gasteiger charge is -2.19. The van der Waals surface area contributed by atoms with Gasteiger partial charge in [0.1, 0.15) is 11.6 Å². The van der Waals surface area contributed by atoms with E-state index in [1.807, 2.05) is 0 Å². The van der Waals surface area contributed by atoms with Crippen LogP contribution in [0.5, 0.6) is 0 Å². The number of hydrogen-bond donors (Lipinski definition) is 1. The molecule has 0 bridgehead atoms. The van der Waals surface area contributed by atoms with Crippen LogP contribution in [-0.4, -0.2) is 22.2 Å². The number of rotatable bonds is 3. The van der Waals surface area contributed by atoms with Crippen LogP contribution in [-0.2, 0) is 9.63 Å². The van der Waals surface area contributed by atoms with Gasteiger partial charge in [0.05, 0.1) is 5.71 Å². The van der Waals surface area contributed by atoms with E-state index in [4.69, 9.17) is 4.84 Å². The Kier molecular flexibility index (Phi) is 3.58. The number of nitrogens with zero attached hydrogens (tertiary/aromatic N) is 2. The van der Waals surface area contributed by atoms with Crippen molar-refractivity contribution in [1.82, 2.24) is 4.98 Å². The van der Waals surface area contributed by atoms with Crippen LogP contribution in [0.25, 0.3) is 0 Å². The molecule has 1 amide bonds. The highest BCUT2D eigenvalue weighted by Crippen LogP contribution is 2.27. The first-order chi connectivity index (χ1) is 10.6. The van der Waals surface area contributed by atoms with Gasteiger partial charge >= 0.3 is 0 Å². The largest absolute Gasteiger partial charge is 0.379 e. The molecule has 0 spiro atoms. The maximum atomic E-state index is 13.0. The van der Waals surface area contributed by atoms with Crippen molar-refractivity contribution in [3.8, 4) is 0 Å². The Bertz CT molecular complexity index is 716. The topological polar surface area (TPSA) is 63.6 Å². The van der Waals surface area contributed by atoms with E-state index in [-0.39, 0.29) is 11.7 Å². The van der Waals surface area contributed by atoms with Crippen LogP contribution in [0.3, 0.4) is 0 Å². The number of carbonyl (C=O) groups is 1. The number of amides is 1. The Morgan fingerprint density at radius 1 is 1.27 bits per heavy atom. The number of oxime groups is 1. The maximum absolute atomic E-state index is 13.0. The molecule has 1 aliphatic rings. The summed E-state index contributed by atoms with van der Waals surface area (Å²) in [4.78, 5) is 21.7. The molecule has 1 aromatic carbocycles. The van der Waals surface area contributed by atoms with Crippen LogP contribution in [0.1, 0.15) is 18.9 Å². The summed E-state index contributed by atoms with van der Waals surface area (Å²) in [5.74, 6) is -0.196. The highest BCUT2D eigenvalue weighted by atomic mass is 19.1. The van der Waals surface area contributed by atoms with Crippen molar-refractivity contribution in [3.05, 3.63) is 60.0 Å². The van der Waals surface area contributed by atoms with Crippen molar-refractivity contribution < 1.29 is 14.0 Å². The number of nitrogens with one attached hydrogen (secondary N) is 1. The van der Waals surface area contributed by atoms with Crippen molar-refractivity contribution in [2.45, 2.75) is 18.9 Å². The zero-order valence-electron chi connectivity index (χ0n) is 11.9. The SMILES string of the molecule is CC1(C(=O)Nc2ccccn2)CC(c2ccc(F)cc2)=NO1. The van der Waals surface area contributed by atoms with Gasteiger partial charge in [-0.25, -0.2) is 9.37 Å². The van der Waals surface area contributed by atoms with Crippen molar-refractivity contribution in [2.24, 2.45) is 5.16 Å². The van der Waals surface area contributed by atoms with Crippen LogP contribution in [0.2, 0.25) is 0 Å². The highest BCUT2D eigenvalue weighted by Gasteiger charge is 2.42. The minimum atomic E-state index is -1.11. The number of pyridine rings is 1. The summed E-state index contributed by atoms with van der Waals surface area (Å²) in [6.45, 7) is 1.66. The van der Waals surface area contributed by atoms with E-state index in [1.54, 1.807) is 43.5 Å². The zero-order chi connectivity index (χ0) is 15.6. The molecule has 2 aromatic rings. The summed E-state index contributed by atoms with van der Waals surface area (Å²) in [6.07, 6.45) is 1.89. The van der Waals surface area contributed by atoms with Gasteiger partial charge in [-0.2, -0.15) is 0 Å². The van der Waals surface area contributed by atoms with E-state index >= 15 is 0 Å². The molecule has 1 unspecified atom stereocenters. The molecule has 2 heterocycles. The van der Waals surface area contributed by atoms with Gasteiger partial charge in [0.2, 0.25) is 5.60 Å². The minimum absolute atomic E-state index is 0.303. The Balaban J connectivity index is 1.71. The van der Waals surface area contributed by atoms with E-state index in [1.165, 1.54) is 12.1 Å². The standard InChI is InChI=1S/C16H14FN3O2/c1-16(15(21)19-14-4-2-3-9-18-14)10-13(20-22-16)11-5-7-12(17)8-6-11/h2-9H,10H2,1H3,(H,18,19,21). The Labute approximate surface area is 126 Å². The van der Waals surface area contributed by atoms with Crippen LogP contribution in [0.4, 0.5) is 10.2 Å². The van der Waals surface area contributed by atoms with Crippen LogP contribution < -0.4 is 5.32 Å². The molecule has 1 atom stereocenters. The predicted molar refractivity (Wildman–Crippen MR) is 79.9 cm³/mol. The van der Waals surface area contributed by atoms with Crippen molar-refractivity contribution >= 4 is 17.4 Å². The molecule has 3 rings (SSSR count). The average Bonchev–Trinajstić information content (AvgIpc) is 2.93. The van der Waals surface area contributed by atoms with E-state index in [2.05, 4.69) is 15.5 Å². The van der Waals surface area contributed by atoms with E-state index in [0.717, 1.165) is 5.56 Å².